The fraction of sp³-hybridized carbons (Fsp3) is 0.500. The van der Waals surface area contributed by atoms with Gasteiger partial charge in [-0.1, -0.05) is 0 Å². The first-order valence-corrected chi connectivity index (χ1v) is 8.02. The molecule has 1 aliphatic rings. The van der Waals surface area contributed by atoms with E-state index in [-0.39, 0.29) is 23.3 Å². The number of amides is 1. The van der Waals surface area contributed by atoms with E-state index in [4.69, 9.17) is 0 Å². The maximum Gasteiger partial charge on any atom is 0.282 e. The molecule has 2 N–H and O–H groups in total. The molecule has 1 saturated carbocycles. The summed E-state index contributed by atoms with van der Waals surface area (Å²) in [5, 5.41) is 23.2. The van der Waals surface area contributed by atoms with Crippen LogP contribution in [0.15, 0.2) is 23.1 Å². The van der Waals surface area contributed by atoms with Gasteiger partial charge in [-0.2, -0.15) is 0 Å². The van der Waals surface area contributed by atoms with Gasteiger partial charge in [0.15, 0.2) is 0 Å². The van der Waals surface area contributed by atoms with Crippen LogP contribution in [0.3, 0.4) is 0 Å². The largest absolute Gasteiger partial charge is 0.393 e. The van der Waals surface area contributed by atoms with Crippen molar-refractivity contribution in [2.75, 3.05) is 12.8 Å². The number of hydrogen-bond donors (Lipinski definition) is 2. The second-order valence-corrected chi connectivity index (χ2v) is 6.06. The zero-order valence-corrected chi connectivity index (χ0v) is 12.6. The summed E-state index contributed by atoms with van der Waals surface area (Å²) in [6.45, 7) is 0.441. The van der Waals surface area contributed by atoms with Crippen molar-refractivity contribution in [2.45, 2.75) is 30.3 Å². The lowest BCUT2D eigenvalue weighted by Gasteiger charge is -2.11. The van der Waals surface area contributed by atoms with E-state index >= 15 is 0 Å². The molecule has 1 fully saturated rings. The van der Waals surface area contributed by atoms with Gasteiger partial charge < -0.3 is 10.4 Å². The highest BCUT2D eigenvalue weighted by Crippen LogP contribution is 2.26. The van der Waals surface area contributed by atoms with Gasteiger partial charge in [0.1, 0.15) is 5.56 Å². The molecule has 1 aromatic rings. The molecule has 6 nitrogen and oxygen atoms in total. The summed E-state index contributed by atoms with van der Waals surface area (Å²) in [6, 6.07) is 4.54. The normalized spacial score (nSPS) is 21.2. The SMILES string of the molecule is CSc1ccc([N+](=O)[O-])c(C(=O)NCC2CCC(O)C2)c1. The van der Waals surface area contributed by atoms with E-state index in [1.165, 1.54) is 17.8 Å². The predicted molar refractivity (Wildman–Crippen MR) is 80.6 cm³/mol. The van der Waals surface area contributed by atoms with Crippen molar-refractivity contribution in [1.29, 1.82) is 0 Å². The van der Waals surface area contributed by atoms with E-state index < -0.39 is 10.8 Å². The molecular weight excluding hydrogens is 292 g/mol. The van der Waals surface area contributed by atoms with Crippen molar-refractivity contribution in [3.05, 3.63) is 33.9 Å². The summed E-state index contributed by atoms with van der Waals surface area (Å²) in [7, 11) is 0. The summed E-state index contributed by atoms with van der Waals surface area (Å²) < 4.78 is 0. The molecule has 2 atom stereocenters. The van der Waals surface area contributed by atoms with Gasteiger partial charge in [-0.15, -0.1) is 11.8 Å². The molecule has 1 aliphatic carbocycles. The molecule has 0 saturated heterocycles. The lowest BCUT2D eigenvalue weighted by Crippen LogP contribution is -2.29. The fourth-order valence-electron chi connectivity index (χ4n) is 2.55. The molecule has 1 amide bonds. The van der Waals surface area contributed by atoms with Crippen LogP contribution in [0.2, 0.25) is 0 Å². The standard InChI is InChI=1S/C14H18N2O4S/c1-21-11-4-5-13(16(19)20)12(7-11)14(18)15-8-9-2-3-10(17)6-9/h4-5,7,9-10,17H,2-3,6,8H2,1H3,(H,15,18). The Balaban J connectivity index is 2.08. The van der Waals surface area contributed by atoms with Gasteiger partial charge in [-0.05, 0) is 43.6 Å². The molecule has 0 heterocycles. The Labute approximate surface area is 127 Å². The average molecular weight is 310 g/mol. The number of aliphatic hydroxyl groups excluding tert-OH is 1. The summed E-state index contributed by atoms with van der Waals surface area (Å²) in [6.07, 6.45) is 3.86. The Kier molecular flexibility index (Phi) is 5.19. The minimum Gasteiger partial charge on any atom is -0.393 e. The Morgan fingerprint density at radius 3 is 2.86 bits per heavy atom. The number of carbonyl (C=O) groups is 1. The molecule has 114 valence electrons. The molecule has 0 spiro atoms. The second-order valence-electron chi connectivity index (χ2n) is 5.18. The summed E-state index contributed by atoms with van der Waals surface area (Å²) in [5.74, 6) is -0.189. The Bertz CT molecular complexity index is 550. The number of nitro groups is 1. The Hall–Kier alpha value is -1.60. The molecule has 2 unspecified atom stereocenters. The third kappa shape index (κ3) is 3.95. The zero-order valence-electron chi connectivity index (χ0n) is 11.7. The van der Waals surface area contributed by atoms with Crippen LogP contribution < -0.4 is 5.32 Å². The summed E-state index contributed by atoms with van der Waals surface area (Å²) in [4.78, 5) is 23.5. The van der Waals surface area contributed by atoms with Crippen LogP contribution in [0.5, 0.6) is 0 Å². The number of nitrogens with zero attached hydrogens (tertiary/aromatic N) is 1. The monoisotopic (exact) mass is 310 g/mol. The molecular formula is C14H18N2O4S. The minimum absolute atomic E-state index is 0.0883. The quantitative estimate of drug-likeness (QED) is 0.494. The van der Waals surface area contributed by atoms with Crippen LogP contribution in [-0.4, -0.2) is 34.8 Å². The molecule has 21 heavy (non-hydrogen) atoms. The van der Waals surface area contributed by atoms with Gasteiger partial charge in [0.25, 0.3) is 11.6 Å². The number of nitrogens with one attached hydrogen (secondary N) is 1. The molecule has 2 rings (SSSR count). The van der Waals surface area contributed by atoms with E-state index in [2.05, 4.69) is 5.32 Å². The molecule has 0 bridgehead atoms. The van der Waals surface area contributed by atoms with Crippen molar-refractivity contribution in [2.24, 2.45) is 5.92 Å². The van der Waals surface area contributed by atoms with E-state index in [0.29, 0.717) is 13.0 Å². The Morgan fingerprint density at radius 1 is 1.52 bits per heavy atom. The minimum atomic E-state index is -0.543. The van der Waals surface area contributed by atoms with Crippen LogP contribution in [0.25, 0.3) is 0 Å². The summed E-state index contributed by atoms with van der Waals surface area (Å²) in [5.41, 5.74) is -0.0952. The van der Waals surface area contributed by atoms with Crippen molar-refractivity contribution in [3.63, 3.8) is 0 Å². The van der Waals surface area contributed by atoms with Gasteiger partial charge in [0, 0.05) is 17.5 Å². The zero-order chi connectivity index (χ0) is 15.4. The van der Waals surface area contributed by atoms with E-state index in [9.17, 15) is 20.0 Å². The smallest absolute Gasteiger partial charge is 0.282 e. The number of carbonyl (C=O) groups excluding carboxylic acids is 1. The van der Waals surface area contributed by atoms with Crippen LogP contribution in [0.1, 0.15) is 29.6 Å². The van der Waals surface area contributed by atoms with Crippen molar-refractivity contribution in [3.8, 4) is 0 Å². The topological polar surface area (TPSA) is 92.5 Å². The van der Waals surface area contributed by atoms with Gasteiger partial charge in [0.2, 0.25) is 0 Å². The molecule has 7 heteroatoms. The number of rotatable bonds is 5. The van der Waals surface area contributed by atoms with Crippen LogP contribution in [-0.2, 0) is 0 Å². The Morgan fingerprint density at radius 2 is 2.29 bits per heavy atom. The first-order chi connectivity index (χ1) is 10.0. The second kappa shape index (κ2) is 6.91. The van der Waals surface area contributed by atoms with E-state index in [0.717, 1.165) is 17.7 Å². The number of thioether (sulfide) groups is 1. The van der Waals surface area contributed by atoms with Gasteiger partial charge in [-0.3, -0.25) is 14.9 Å². The fourth-order valence-corrected chi connectivity index (χ4v) is 2.99. The third-order valence-electron chi connectivity index (χ3n) is 3.71. The predicted octanol–water partition coefficient (Wildman–Crippen LogP) is 2.21. The highest BCUT2D eigenvalue weighted by atomic mass is 32.2. The molecule has 0 aromatic heterocycles. The van der Waals surface area contributed by atoms with Gasteiger partial charge in [0.05, 0.1) is 11.0 Å². The van der Waals surface area contributed by atoms with E-state index in [1.54, 1.807) is 12.1 Å². The molecule has 0 aliphatic heterocycles. The highest BCUT2D eigenvalue weighted by molar-refractivity contribution is 7.98. The van der Waals surface area contributed by atoms with Crippen molar-refractivity contribution < 1.29 is 14.8 Å². The van der Waals surface area contributed by atoms with Crippen LogP contribution in [0.4, 0.5) is 5.69 Å². The highest BCUT2D eigenvalue weighted by Gasteiger charge is 2.25. The maximum atomic E-state index is 12.2. The molecule has 1 aromatic carbocycles. The van der Waals surface area contributed by atoms with Gasteiger partial charge in [-0.25, -0.2) is 0 Å². The van der Waals surface area contributed by atoms with Crippen molar-refractivity contribution in [1.82, 2.24) is 5.32 Å². The lowest BCUT2D eigenvalue weighted by molar-refractivity contribution is -0.385. The number of aliphatic hydroxyl groups is 1. The lowest BCUT2D eigenvalue weighted by atomic mass is 10.1. The first-order valence-electron chi connectivity index (χ1n) is 6.80. The third-order valence-corrected chi connectivity index (χ3v) is 4.44. The van der Waals surface area contributed by atoms with Crippen molar-refractivity contribution >= 4 is 23.4 Å². The van der Waals surface area contributed by atoms with E-state index in [1.807, 2.05) is 6.26 Å². The molecule has 0 radical (unpaired) electrons. The van der Waals surface area contributed by atoms with Crippen LogP contribution in [0, 0.1) is 16.0 Å². The van der Waals surface area contributed by atoms with Crippen LogP contribution >= 0.6 is 11.8 Å². The summed E-state index contributed by atoms with van der Waals surface area (Å²) >= 11 is 1.43. The van der Waals surface area contributed by atoms with Gasteiger partial charge >= 0.3 is 0 Å². The number of nitro benzene ring substituents is 1. The maximum absolute atomic E-state index is 12.2. The average Bonchev–Trinajstić information content (AvgIpc) is 2.89. The number of benzene rings is 1. The number of hydrogen-bond acceptors (Lipinski definition) is 5. The first kappa shape index (κ1) is 15.8.